The maximum Gasteiger partial charge on any atom is 0.255 e. The van der Waals surface area contributed by atoms with Crippen molar-refractivity contribution in [3.05, 3.63) is 58.1 Å². The lowest BCUT2D eigenvalue weighted by Gasteiger charge is -2.12. The van der Waals surface area contributed by atoms with Gasteiger partial charge in [-0.3, -0.25) is 14.3 Å². The molecule has 29 heavy (non-hydrogen) atoms. The maximum absolute atomic E-state index is 12.5. The van der Waals surface area contributed by atoms with Gasteiger partial charge in [-0.25, -0.2) is 8.42 Å². The van der Waals surface area contributed by atoms with E-state index in [4.69, 9.17) is 16.3 Å². The lowest BCUT2D eigenvalue weighted by atomic mass is 10.1. The predicted molar refractivity (Wildman–Crippen MR) is 113 cm³/mol. The van der Waals surface area contributed by atoms with Crippen molar-refractivity contribution in [3.8, 4) is 0 Å². The van der Waals surface area contributed by atoms with Crippen LogP contribution in [-0.4, -0.2) is 46.7 Å². The molecule has 156 valence electrons. The Bertz CT molecular complexity index is 1020. The van der Waals surface area contributed by atoms with Gasteiger partial charge in [-0.2, -0.15) is 0 Å². The van der Waals surface area contributed by atoms with Gasteiger partial charge in [0.25, 0.3) is 11.8 Å². The monoisotopic (exact) mass is 439 g/mol. The number of aryl methyl sites for hydroxylation is 1. The quantitative estimate of drug-likeness (QED) is 0.547. The van der Waals surface area contributed by atoms with Crippen molar-refractivity contribution < 1.29 is 22.7 Å². The molecule has 0 fully saturated rings. The van der Waals surface area contributed by atoms with Gasteiger partial charge in [0, 0.05) is 24.9 Å². The second-order valence-corrected chi connectivity index (χ2v) is 8.46. The van der Waals surface area contributed by atoms with Gasteiger partial charge >= 0.3 is 0 Å². The van der Waals surface area contributed by atoms with Crippen LogP contribution in [0.25, 0.3) is 0 Å². The Morgan fingerprint density at radius 1 is 1.10 bits per heavy atom. The molecule has 0 aromatic heterocycles. The van der Waals surface area contributed by atoms with Crippen LogP contribution in [0.1, 0.15) is 26.3 Å². The molecule has 0 heterocycles. The Morgan fingerprint density at radius 3 is 2.45 bits per heavy atom. The molecule has 2 aromatic rings. The number of amides is 2. The minimum Gasteiger partial charge on any atom is -0.383 e. The van der Waals surface area contributed by atoms with Gasteiger partial charge < -0.3 is 15.4 Å². The van der Waals surface area contributed by atoms with Gasteiger partial charge in [-0.15, -0.1) is 0 Å². The summed E-state index contributed by atoms with van der Waals surface area (Å²) in [5, 5.41) is 5.52. The van der Waals surface area contributed by atoms with Gasteiger partial charge in [0.05, 0.1) is 29.1 Å². The Hall–Kier alpha value is -2.62. The van der Waals surface area contributed by atoms with E-state index in [1.807, 2.05) is 0 Å². The molecule has 0 spiro atoms. The molecule has 0 saturated carbocycles. The van der Waals surface area contributed by atoms with E-state index in [0.29, 0.717) is 30.1 Å². The highest BCUT2D eigenvalue weighted by molar-refractivity contribution is 7.92. The number of methoxy groups -OCH3 is 1. The van der Waals surface area contributed by atoms with Crippen LogP contribution in [0.5, 0.6) is 0 Å². The fraction of sp³-hybridized carbons (Fsp3) is 0.263. The number of halogens is 1. The van der Waals surface area contributed by atoms with Crippen molar-refractivity contribution in [3.63, 3.8) is 0 Å². The van der Waals surface area contributed by atoms with Crippen molar-refractivity contribution in [2.75, 3.05) is 36.6 Å². The van der Waals surface area contributed by atoms with Crippen LogP contribution in [-0.2, 0) is 14.8 Å². The highest BCUT2D eigenvalue weighted by Gasteiger charge is 2.14. The number of sulfonamides is 1. The first-order valence-corrected chi connectivity index (χ1v) is 10.8. The molecular formula is C19H22ClN3O5S. The number of benzene rings is 2. The van der Waals surface area contributed by atoms with Crippen LogP contribution < -0.4 is 15.4 Å². The first-order valence-electron chi connectivity index (χ1n) is 8.57. The third kappa shape index (κ3) is 6.74. The lowest BCUT2D eigenvalue weighted by Crippen LogP contribution is -2.27. The molecule has 0 aliphatic carbocycles. The average molecular weight is 440 g/mol. The van der Waals surface area contributed by atoms with Crippen molar-refractivity contribution in [2.45, 2.75) is 6.92 Å². The van der Waals surface area contributed by atoms with E-state index in [0.717, 1.165) is 6.26 Å². The number of ether oxygens (including phenoxy) is 1. The zero-order valence-electron chi connectivity index (χ0n) is 16.2. The van der Waals surface area contributed by atoms with E-state index in [9.17, 15) is 18.0 Å². The number of rotatable bonds is 8. The van der Waals surface area contributed by atoms with Crippen LogP contribution in [0.2, 0.25) is 5.02 Å². The first-order chi connectivity index (χ1) is 13.6. The van der Waals surface area contributed by atoms with E-state index < -0.39 is 15.9 Å². The highest BCUT2D eigenvalue weighted by atomic mass is 35.5. The van der Waals surface area contributed by atoms with Crippen LogP contribution in [0.4, 0.5) is 11.4 Å². The van der Waals surface area contributed by atoms with E-state index in [1.165, 1.54) is 25.3 Å². The topological polar surface area (TPSA) is 114 Å². The third-order valence-electron chi connectivity index (χ3n) is 3.86. The molecule has 0 aliphatic rings. The fourth-order valence-electron chi connectivity index (χ4n) is 2.42. The fourth-order valence-corrected chi connectivity index (χ4v) is 3.30. The standard InChI is InChI=1S/C19H22ClN3O5S/c1-12-4-5-13(10-17(12)23-29(3,26)27)18(24)22-14-6-7-15(16(20)11-14)19(25)21-8-9-28-2/h4-7,10-11,23H,8-9H2,1-3H3,(H,21,25)(H,22,24). The van der Waals surface area contributed by atoms with Crippen LogP contribution in [0.15, 0.2) is 36.4 Å². The summed E-state index contributed by atoms with van der Waals surface area (Å²) in [4.78, 5) is 24.6. The minimum absolute atomic E-state index is 0.182. The summed E-state index contributed by atoms with van der Waals surface area (Å²) in [7, 11) is -1.94. The van der Waals surface area contributed by atoms with Crippen molar-refractivity contribution >= 4 is 44.8 Å². The molecule has 0 saturated heterocycles. The molecule has 2 amide bonds. The second-order valence-electron chi connectivity index (χ2n) is 6.30. The largest absolute Gasteiger partial charge is 0.383 e. The Morgan fingerprint density at radius 2 is 1.83 bits per heavy atom. The van der Waals surface area contributed by atoms with Crippen molar-refractivity contribution in [1.82, 2.24) is 5.32 Å². The van der Waals surface area contributed by atoms with Crippen molar-refractivity contribution in [2.24, 2.45) is 0 Å². The highest BCUT2D eigenvalue weighted by Crippen LogP contribution is 2.23. The number of carbonyl (C=O) groups is 2. The van der Waals surface area contributed by atoms with Crippen LogP contribution >= 0.6 is 11.6 Å². The molecule has 3 N–H and O–H groups in total. The Labute approximate surface area is 174 Å². The number of carbonyl (C=O) groups excluding carboxylic acids is 2. The summed E-state index contributed by atoms with van der Waals surface area (Å²) >= 11 is 6.17. The van der Waals surface area contributed by atoms with Crippen molar-refractivity contribution in [1.29, 1.82) is 0 Å². The van der Waals surface area contributed by atoms with Crippen LogP contribution in [0, 0.1) is 6.92 Å². The normalized spacial score (nSPS) is 11.0. The van der Waals surface area contributed by atoms with Crippen LogP contribution in [0.3, 0.4) is 0 Å². The van der Waals surface area contributed by atoms with Gasteiger partial charge in [0.2, 0.25) is 10.0 Å². The maximum atomic E-state index is 12.5. The van der Waals surface area contributed by atoms with Gasteiger partial charge in [-0.1, -0.05) is 17.7 Å². The molecule has 2 aromatic carbocycles. The number of nitrogens with one attached hydrogen (secondary N) is 3. The average Bonchev–Trinajstić information content (AvgIpc) is 2.62. The predicted octanol–water partition coefficient (Wildman–Crippen LogP) is 2.65. The molecule has 0 bridgehead atoms. The summed E-state index contributed by atoms with van der Waals surface area (Å²) in [6.07, 6.45) is 1.04. The summed E-state index contributed by atoms with van der Waals surface area (Å²) in [5.74, 6) is -0.796. The van der Waals surface area contributed by atoms with Gasteiger partial charge in [0.1, 0.15) is 0 Å². The third-order valence-corrected chi connectivity index (χ3v) is 4.76. The molecular weight excluding hydrogens is 418 g/mol. The molecule has 0 unspecified atom stereocenters. The molecule has 0 aliphatic heterocycles. The number of hydrogen-bond acceptors (Lipinski definition) is 5. The molecule has 0 radical (unpaired) electrons. The minimum atomic E-state index is -3.47. The summed E-state index contributed by atoms with van der Waals surface area (Å²) in [6.45, 7) is 2.46. The molecule has 10 heteroatoms. The van der Waals surface area contributed by atoms with E-state index in [2.05, 4.69) is 15.4 Å². The molecule has 8 nitrogen and oxygen atoms in total. The Kier molecular flexibility index (Phi) is 7.60. The smallest absolute Gasteiger partial charge is 0.255 e. The number of anilines is 2. The Balaban J connectivity index is 2.14. The summed E-state index contributed by atoms with van der Waals surface area (Å²) in [5.41, 5.74) is 1.93. The zero-order valence-corrected chi connectivity index (χ0v) is 17.8. The molecule has 0 atom stereocenters. The van der Waals surface area contributed by atoms with E-state index in [-0.39, 0.29) is 22.1 Å². The summed E-state index contributed by atoms with van der Waals surface area (Å²) in [6, 6.07) is 9.20. The van der Waals surface area contributed by atoms with E-state index >= 15 is 0 Å². The molecule has 2 rings (SSSR count). The SMILES string of the molecule is COCCNC(=O)c1ccc(NC(=O)c2ccc(C)c(NS(C)(=O)=O)c2)cc1Cl. The van der Waals surface area contributed by atoms with Gasteiger partial charge in [0.15, 0.2) is 0 Å². The zero-order chi connectivity index (χ0) is 21.6. The van der Waals surface area contributed by atoms with E-state index in [1.54, 1.807) is 25.1 Å². The summed E-state index contributed by atoms with van der Waals surface area (Å²) < 4.78 is 30.2. The van der Waals surface area contributed by atoms with Gasteiger partial charge in [-0.05, 0) is 42.8 Å². The first kappa shape index (κ1) is 22.7. The lowest BCUT2D eigenvalue weighted by molar-refractivity contribution is 0.0936. The number of hydrogen-bond donors (Lipinski definition) is 3. The second kappa shape index (κ2) is 9.73.